The van der Waals surface area contributed by atoms with E-state index in [1.807, 2.05) is 96.3 Å². The molecular formula is C43H93Cl4N25. The minimum atomic E-state index is 0. The third-order valence-electron chi connectivity index (χ3n) is 5.19. The molecule has 418 valence electrons. The van der Waals surface area contributed by atoms with E-state index < -0.39 is 0 Å². The highest BCUT2D eigenvalue weighted by atomic mass is 35.5. The summed E-state index contributed by atoms with van der Waals surface area (Å²) in [5, 5.41) is 15.3. The summed E-state index contributed by atoms with van der Waals surface area (Å²) in [6.07, 6.45) is 9.64. The standard InChI is InChI=1S/C6H10N4.C6H9N3.C5H6ClN3.C5H8N4.C4H2Cl2N2.C4H4ClN3.5C2H6.3CH5N.3H3N/c1-7-5-3-4-9-6(8-2)10-5;1-5-8-4-3-6(7-2)9-5;1-7-4-2-3-8-5(6)9-4;1-7-5-8-3-2-4(6)9-5;5-3-1-2-7-4(6)8-3;5-4-7-2-1-3(6)8-4;8*1-2;;;/h3-4H,1-2H3,(H2,7,8,9,10);3-4H,1-2H3,(H,7,8,9);2-3H,1H3,(H,7,8,9);2-3H,1H3,(H3,6,7,8,9);1-2H;1-2H,(H2,6,7,8);5*1-2H3;3*2H2,1H3;3*1H3. The summed E-state index contributed by atoms with van der Waals surface area (Å²) in [6, 6.07) is 10.2. The SMILES string of the molecule is CC.CC.CC.CC.CC.CN.CN.CN.CNc1ccnc(C)n1.CNc1ccnc(Cl)n1.CNc1ccnc(NC)n1.CNc1nccc(N)n1.Clc1ccnc(Cl)n1.N.N.N.Nc1ccnc(Cl)n1. The molecule has 0 amide bonds. The van der Waals surface area contributed by atoms with Crippen molar-refractivity contribution in [3.8, 4) is 0 Å². The second-order valence-corrected chi connectivity index (χ2v) is 10.3. The molecule has 25 nitrogen and oxygen atoms in total. The maximum atomic E-state index is 5.46. The molecule has 0 atom stereocenters. The Hall–Kier alpha value is -6.00. The Bertz CT molecular complexity index is 1700. The van der Waals surface area contributed by atoms with Gasteiger partial charge in [-0.05, 0) is 99.3 Å². The smallest absolute Gasteiger partial charge is 0.224 e. The van der Waals surface area contributed by atoms with Crippen molar-refractivity contribution >= 4 is 87.4 Å². The molecule has 24 N–H and O–H groups in total. The zero-order chi connectivity index (χ0) is 55.4. The van der Waals surface area contributed by atoms with Gasteiger partial charge in [0.05, 0.1) is 0 Å². The predicted molar refractivity (Wildman–Crippen MR) is 316 cm³/mol. The van der Waals surface area contributed by atoms with Crippen LogP contribution in [0.5, 0.6) is 0 Å². The van der Waals surface area contributed by atoms with Gasteiger partial charge < -0.3 is 73.7 Å². The second kappa shape index (κ2) is 76.5. The number of aromatic nitrogens is 12. The molecule has 6 rings (SSSR count). The summed E-state index contributed by atoms with van der Waals surface area (Å²) in [4.78, 5) is 45.7. The largest absolute Gasteiger partial charge is 0.384 e. The molecule has 29 heteroatoms. The topological polar surface area (TPSA) is 450 Å². The van der Waals surface area contributed by atoms with Crippen LogP contribution in [0.2, 0.25) is 21.0 Å². The van der Waals surface area contributed by atoms with E-state index in [0.29, 0.717) is 28.7 Å². The van der Waals surface area contributed by atoms with Crippen LogP contribution in [-0.4, -0.2) is 116 Å². The summed E-state index contributed by atoms with van der Waals surface area (Å²) in [7, 11) is 13.5. The van der Waals surface area contributed by atoms with Gasteiger partial charge in [-0.15, -0.1) is 0 Å². The van der Waals surface area contributed by atoms with E-state index in [1.54, 1.807) is 76.3 Å². The molecule has 0 bridgehead atoms. The first-order valence-corrected chi connectivity index (χ1v) is 23.1. The number of anilines is 7. The average Bonchev–Trinajstić information content (AvgIpc) is 3.41. The molecule has 0 spiro atoms. The lowest BCUT2D eigenvalue weighted by Gasteiger charge is -1.99. The van der Waals surface area contributed by atoms with E-state index in [9.17, 15) is 0 Å². The van der Waals surface area contributed by atoms with Crippen LogP contribution >= 0.6 is 46.4 Å². The van der Waals surface area contributed by atoms with Crippen LogP contribution in [0, 0.1) is 6.92 Å². The Kier molecular flexibility index (Phi) is 97.9. The number of nitrogens with one attached hydrogen (secondary N) is 5. The van der Waals surface area contributed by atoms with E-state index >= 15 is 0 Å². The van der Waals surface area contributed by atoms with Crippen molar-refractivity contribution in [1.29, 1.82) is 0 Å². The Labute approximate surface area is 451 Å². The first-order valence-electron chi connectivity index (χ1n) is 21.6. The molecule has 0 aliphatic carbocycles. The van der Waals surface area contributed by atoms with Crippen molar-refractivity contribution in [3.63, 3.8) is 0 Å². The quantitative estimate of drug-likeness (QED) is 0.0564. The van der Waals surface area contributed by atoms with E-state index in [4.69, 9.17) is 57.9 Å². The first kappa shape index (κ1) is 92.2. The monoisotopic (exact) mass is 1100 g/mol. The van der Waals surface area contributed by atoms with Gasteiger partial charge in [0.25, 0.3) is 0 Å². The van der Waals surface area contributed by atoms with Gasteiger partial charge in [-0.25, -0.2) is 49.8 Å². The van der Waals surface area contributed by atoms with Crippen LogP contribution in [0.3, 0.4) is 0 Å². The van der Waals surface area contributed by atoms with Crippen LogP contribution in [0.25, 0.3) is 0 Å². The zero-order valence-corrected chi connectivity index (χ0v) is 49.3. The first-order chi connectivity index (χ1) is 33.4. The van der Waals surface area contributed by atoms with Crippen LogP contribution in [0.1, 0.15) is 75.1 Å². The lowest BCUT2D eigenvalue weighted by Crippen LogP contribution is -1.98. The van der Waals surface area contributed by atoms with Gasteiger partial charge in [0, 0.05) is 72.4 Å². The second-order valence-electron chi connectivity index (χ2n) is 8.92. The number of nitrogen functional groups attached to an aromatic ring is 2. The highest BCUT2D eigenvalue weighted by Crippen LogP contribution is 2.06. The predicted octanol–water partition coefficient (Wildman–Crippen LogP) is 9.50. The molecular weight excluding hydrogens is 1010 g/mol. The molecule has 0 saturated carbocycles. The molecule has 0 radical (unpaired) electrons. The molecule has 0 unspecified atom stereocenters. The lowest BCUT2D eigenvalue weighted by molar-refractivity contribution is 1.05. The maximum Gasteiger partial charge on any atom is 0.224 e. The number of hydrogen-bond donors (Lipinski definition) is 13. The Morgan fingerprint density at radius 3 is 0.889 bits per heavy atom. The average molecular weight is 1100 g/mol. The molecule has 6 aromatic rings. The van der Waals surface area contributed by atoms with Gasteiger partial charge in [0.2, 0.25) is 27.7 Å². The molecule has 0 aromatic carbocycles. The minimum absolute atomic E-state index is 0. The summed E-state index contributed by atoms with van der Waals surface area (Å²) in [5.41, 5.74) is 24.1. The number of hydrogen-bond acceptors (Lipinski definition) is 25. The molecule has 6 aromatic heterocycles. The van der Waals surface area contributed by atoms with Crippen LogP contribution in [0.4, 0.5) is 41.0 Å². The fourth-order valence-electron chi connectivity index (χ4n) is 2.84. The van der Waals surface area contributed by atoms with Gasteiger partial charge >= 0.3 is 0 Å². The molecule has 72 heavy (non-hydrogen) atoms. The van der Waals surface area contributed by atoms with Crippen molar-refractivity contribution in [3.05, 3.63) is 100 Å². The minimum Gasteiger partial charge on any atom is -0.384 e. The van der Waals surface area contributed by atoms with E-state index in [2.05, 4.69) is 104 Å². The van der Waals surface area contributed by atoms with Gasteiger partial charge in [-0.1, -0.05) is 80.8 Å². The van der Waals surface area contributed by atoms with Crippen molar-refractivity contribution < 1.29 is 0 Å². The molecule has 0 aliphatic heterocycles. The highest BCUT2D eigenvalue weighted by Gasteiger charge is 1.93. The van der Waals surface area contributed by atoms with Crippen molar-refractivity contribution in [2.45, 2.75) is 76.2 Å². The number of aryl methyl sites for hydroxylation is 1. The number of halogens is 4. The van der Waals surface area contributed by atoms with E-state index in [-0.39, 0.29) is 34.3 Å². The van der Waals surface area contributed by atoms with Crippen LogP contribution in [-0.2, 0) is 0 Å². The third kappa shape index (κ3) is 62.0. The summed E-state index contributed by atoms with van der Waals surface area (Å²) < 4.78 is 0. The third-order valence-corrected chi connectivity index (χ3v) is 5.95. The highest BCUT2D eigenvalue weighted by molar-refractivity contribution is 6.31. The van der Waals surface area contributed by atoms with E-state index in [1.165, 1.54) is 33.5 Å². The summed E-state index contributed by atoms with van der Waals surface area (Å²) in [6.45, 7) is 21.9. The van der Waals surface area contributed by atoms with Crippen molar-refractivity contribution in [2.24, 2.45) is 17.2 Å². The Morgan fingerprint density at radius 1 is 0.347 bits per heavy atom. The van der Waals surface area contributed by atoms with Crippen LogP contribution < -0.4 is 73.7 Å². The van der Waals surface area contributed by atoms with Gasteiger partial charge in [-0.3, -0.25) is 0 Å². The fraction of sp³-hybridized carbons (Fsp3) is 0.442. The summed E-state index contributed by atoms with van der Waals surface area (Å²) >= 11 is 21.6. The number of nitrogens with two attached hydrogens (primary N) is 5. The summed E-state index contributed by atoms with van der Waals surface area (Å²) in [5.74, 6) is 5.26. The Balaban J connectivity index is -0.0000000647. The van der Waals surface area contributed by atoms with Gasteiger partial charge in [-0.2, -0.15) is 9.97 Å². The van der Waals surface area contributed by atoms with Crippen molar-refractivity contribution in [1.82, 2.24) is 78.3 Å². The van der Waals surface area contributed by atoms with Gasteiger partial charge in [0.15, 0.2) is 0 Å². The molecule has 0 fully saturated rings. The van der Waals surface area contributed by atoms with Crippen LogP contribution in [0.15, 0.2) is 73.6 Å². The number of nitrogens with zero attached hydrogens (tertiary/aromatic N) is 12. The Morgan fingerprint density at radius 2 is 0.639 bits per heavy atom. The zero-order valence-electron chi connectivity index (χ0n) is 46.3. The molecule has 6 heterocycles. The van der Waals surface area contributed by atoms with Crippen molar-refractivity contribution in [2.75, 3.05) is 94.4 Å². The normalized spacial score (nSPS) is 7.36. The van der Waals surface area contributed by atoms with Gasteiger partial charge in [0.1, 0.15) is 40.1 Å². The fourth-order valence-corrected chi connectivity index (χ4v) is 3.47. The molecule has 0 saturated heterocycles. The lowest BCUT2D eigenvalue weighted by atomic mass is 10.5. The molecule has 0 aliphatic rings. The van der Waals surface area contributed by atoms with E-state index in [0.717, 1.165) is 23.3 Å². The number of rotatable bonds is 5. The maximum absolute atomic E-state index is 5.46.